The molecule has 2 aromatic rings. The molecule has 0 aliphatic carbocycles. The highest BCUT2D eigenvalue weighted by atomic mass is 16.3. The molecule has 108 valence electrons. The molecule has 1 amide bonds. The van der Waals surface area contributed by atoms with Crippen molar-refractivity contribution in [2.45, 2.75) is 12.3 Å². The van der Waals surface area contributed by atoms with Gasteiger partial charge in [-0.15, -0.1) is 0 Å². The van der Waals surface area contributed by atoms with Gasteiger partial charge in [0.1, 0.15) is 17.5 Å². The number of carbonyl (C=O) groups is 1. The zero-order chi connectivity index (χ0) is 15.1. The molecule has 3 N–H and O–H groups in total. The summed E-state index contributed by atoms with van der Waals surface area (Å²) >= 11 is 0. The Kier molecular flexibility index (Phi) is 5.13. The van der Waals surface area contributed by atoms with Crippen molar-refractivity contribution in [2.24, 2.45) is 0 Å². The fraction of sp³-hybridized carbons (Fsp3) is 0.250. The van der Waals surface area contributed by atoms with Crippen molar-refractivity contribution in [3.05, 3.63) is 59.4 Å². The lowest BCUT2D eigenvalue weighted by molar-refractivity contribution is 0.0945. The van der Waals surface area contributed by atoms with E-state index in [0.29, 0.717) is 24.4 Å². The van der Waals surface area contributed by atoms with Gasteiger partial charge in [0.25, 0.3) is 5.91 Å². The average Bonchev–Trinajstić information content (AvgIpc) is 3.01. The largest absolute Gasteiger partial charge is 0.396 e. The minimum absolute atomic E-state index is 0.0607. The van der Waals surface area contributed by atoms with Gasteiger partial charge < -0.3 is 15.4 Å². The third-order valence-corrected chi connectivity index (χ3v) is 3.31. The smallest absolute Gasteiger partial charge is 0.267 e. The molecule has 1 unspecified atom stereocenters. The van der Waals surface area contributed by atoms with Crippen molar-refractivity contribution in [3.8, 4) is 6.07 Å². The number of rotatable bonds is 6. The van der Waals surface area contributed by atoms with Crippen molar-refractivity contribution >= 4 is 5.91 Å². The molecule has 0 aliphatic heterocycles. The van der Waals surface area contributed by atoms with Crippen molar-refractivity contribution in [2.75, 3.05) is 13.2 Å². The van der Waals surface area contributed by atoms with E-state index in [4.69, 9.17) is 10.4 Å². The molecule has 0 saturated carbocycles. The maximum atomic E-state index is 12.0. The van der Waals surface area contributed by atoms with Gasteiger partial charge in [-0.05, 0) is 24.1 Å². The van der Waals surface area contributed by atoms with E-state index in [1.165, 1.54) is 0 Å². The number of nitrogens with one attached hydrogen (secondary N) is 2. The van der Waals surface area contributed by atoms with E-state index in [1.54, 1.807) is 12.1 Å². The highest BCUT2D eigenvalue weighted by Crippen LogP contribution is 2.18. The van der Waals surface area contributed by atoms with E-state index in [2.05, 4.69) is 10.3 Å². The van der Waals surface area contributed by atoms with Crippen LogP contribution in [0.5, 0.6) is 0 Å². The number of nitriles is 1. The van der Waals surface area contributed by atoms with Crippen molar-refractivity contribution < 1.29 is 9.90 Å². The molecule has 1 heterocycles. The first-order valence-corrected chi connectivity index (χ1v) is 6.77. The molecule has 1 aromatic carbocycles. The average molecular weight is 283 g/mol. The Morgan fingerprint density at radius 3 is 2.67 bits per heavy atom. The van der Waals surface area contributed by atoms with Crippen LogP contribution in [-0.4, -0.2) is 29.1 Å². The summed E-state index contributed by atoms with van der Waals surface area (Å²) in [6.45, 7) is 0.501. The molecule has 1 aromatic heterocycles. The summed E-state index contributed by atoms with van der Waals surface area (Å²) < 4.78 is 0. The molecule has 0 saturated heterocycles. The fourth-order valence-corrected chi connectivity index (χ4v) is 2.17. The van der Waals surface area contributed by atoms with Crippen LogP contribution in [0.15, 0.2) is 42.5 Å². The summed E-state index contributed by atoms with van der Waals surface area (Å²) in [7, 11) is 0. The van der Waals surface area contributed by atoms with Crippen LogP contribution < -0.4 is 5.32 Å². The van der Waals surface area contributed by atoms with E-state index in [1.807, 2.05) is 36.4 Å². The zero-order valence-corrected chi connectivity index (χ0v) is 11.5. The lowest BCUT2D eigenvalue weighted by atomic mass is 9.96. The molecule has 0 bridgehead atoms. The Hall–Kier alpha value is -2.58. The number of nitrogens with zero attached hydrogens (tertiary/aromatic N) is 1. The molecule has 0 fully saturated rings. The quantitative estimate of drug-likeness (QED) is 0.755. The number of hydrogen-bond acceptors (Lipinski definition) is 3. The molecule has 0 radical (unpaired) electrons. The first-order chi connectivity index (χ1) is 10.2. The van der Waals surface area contributed by atoms with Crippen molar-refractivity contribution in [3.63, 3.8) is 0 Å². The Bertz CT molecular complexity index is 628. The first-order valence-electron chi connectivity index (χ1n) is 6.77. The monoisotopic (exact) mass is 283 g/mol. The molecule has 5 nitrogen and oxygen atoms in total. The number of aliphatic hydroxyl groups is 1. The summed E-state index contributed by atoms with van der Waals surface area (Å²) in [5, 5.41) is 20.7. The maximum Gasteiger partial charge on any atom is 0.267 e. The minimum Gasteiger partial charge on any atom is -0.396 e. The standard InChI is InChI=1S/C16H17N3O2/c17-10-14-6-7-15(19-14)16(21)18-11-13(8-9-20)12-4-2-1-3-5-12/h1-7,13,19-20H,8-9,11H2,(H,18,21). The number of benzene rings is 1. The minimum atomic E-state index is -0.254. The maximum absolute atomic E-state index is 12.0. The Morgan fingerprint density at radius 2 is 2.05 bits per heavy atom. The molecular formula is C16H17N3O2. The van der Waals surface area contributed by atoms with Gasteiger partial charge in [0.15, 0.2) is 0 Å². The van der Waals surface area contributed by atoms with E-state index in [-0.39, 0.29) is 18.4 Å². The van der Waals surface area contributed by atoms with Gasteiger partial charge >= 0.3 is 0 Å². The first kappa shape index (κ1) is 14.8. The molecule has 0 aliphatic rings. The molecular weight excluding hydrogens is 266 g/mol. The molecule has 2 rings (SSSR count). The topological polar surface area (TPSA) is 88.9 Å². The number of aromatic nitrogens is 1. The van der Waals surface area contributed by atoms with Crippen LogP contribution in [0, 0.1) is 11.3 Å². The Labute approximate surface area is 123 Å². The molecule has 0 spiro atoms. The fourth-order valence-electron chi connectivity index (χ4n) is 2.17. The summed E-state index contributed by atoms with van der Waals surface area (Å²) in [6, 6.07) is 14.9. The number of H-pyrrole nitrogens is 1. The van der Waals surface area contributed by atoms with E-state index in [9.17, 15) is 4.79 Å². The van der Waals surface area contributed by atoms with E-state index in [0.717, 1.165) is 5.56 Å². The highest BCUT2D eigenvalue weighted by molar-refractivity contribution is 5.92. The SMILES string of the molecule is N#Cc1ccc(C(=O)NCC(CCO)c2ccccc2)[nH]1. The number of aromatic amines is 1. The van der Waals surface area contributed by atoms with Gasteiger partial charge in [0.05, 0.1) is 0 Å². The third kappa shape index (κ3) is 3.94. The second-order valence-corrected chi connectivity index (χ2v) is 4.73. The third-order valence-electron chi connectivity index (χ3n) is 3.31. The molecule has 5 heteroatoms. The highest BCUT2D eigenvalue weighted by Gasteiger charge is 2.14. The lowest BCUT2D eigenvalue weighted by Crippen LogP contribution is -2.29. The van der Waals surface area contributed by atoms with Gasteiger partial charge in [0.2, 0.25) is 0 Å². The van der Waals surface area contributed by atoms with Crippen LogP contribution in [0.1, 0.15) is 34.1 Å². The van der Waals surface area contributed by atoms with Gasteiger partial charge in [-0.25, -0.2) is 0 Å². The van der Waals surface area contributed by atoms with Gasteiger partial charge in [-0.1, -0.05) is 30.3 Å². The van der Waals surface area contributed by atoms with Crippen LogP contribution >= 0.6 is 0 Å². The number of carbonyl (C=O) groups excluding carboxylic acids is 1. The normalized spacial score (nSPS) is 11.6. The number of aliphatic hydroxyl groups excluding tert-OH is 1. The number of hydrogen-bond donors (Lipinski definition) is 3. The van der Waals surface area contributed by atoms with E-state index < -0.39 is 0 Å². The Balaban J connectivity index is 1.99. The summed E-state index contributed by atoms with van der Waals surface area (Å²) in [5.74, 6) is -0.194. The van der Waals surface area contributed by atoms with Crippen LogP contribution in [0.25, 0.3) is 0 Å². The summed E-state index contributed by atoms with van der Waals surface area (Å²) in [4.78, 5) is 14.7. The lowest BCUT2D eigenvalue weighted by Gasteiger charge is -2.16. The van der Waals surface area contributed by atoms with Crippen LogP contribution in [-0.2, 0) is 0 Å². The predicted molar refractivity (Wildman–Crippen MR) is 78.7 cm³/mol. The van der Waals surface area contributed by atoms with Crippen molar-refractivity contribution in [1.29, 1.82) is 5.26 Å². The van der Waals surface area contributed by atoms with Crippen LogP contribution in [0.4, 0.5) is 0 Å². The predicted octanol–water partition coefficient (Wildman–Crippen LogP) is 1.78. The van der Waals surface area contributed by atoms with Gasteiger partial charge in [0, 0.05) is 19.1 Å². The molecule has 21 heavy (non-hydrogen) atoms. The summed E-state index contributed by atoms with van der Waals surface area (Å²) in [5.41, 5.74) is 1.80. The Morgan fingerprint density at radius 1 is 1.29 bits per heavy atom. The second kappa shape index (κ2) is 7.27. The second-order valence-electron chi connectivity index (χ2n) is 4.73. The van der Waals surface area contributed by atoms with Gasteiger partial charge in [-0.3, -0.25) is 4.79 Å². The summed E-state index contributed by atoms with van der Waals surface area (Å²) in [6.07, 6.45) is 0.582. The van der Waals surface area contributed by atoms with Crippen molar-refractivity contribution in [1.82, 2.24) is 10.3 Å². The van der Waals surface area contributed by atoms with Gasteiger partial charge in [-0.2, -0.15) is 5.26 Å². The zero-order valence-electron chi connectivity index (χ0n) is 11.5. The van der Waals surface area contributed by atoms with Crippen LogP contribution in [0.2, 0.25) is 0 Å². The molecule has 1 atom stereocenters. The van der Waals surface area contributed by atoms with E-state index >= 15 is 0 Å². The number of amides is 1. The van der Waals surface area contributed by atoms with Crippen LogP contribution in [0.3, 0.4) is 0 Å².